The molecular weight excluding hydrogens is 466 g/mol. The summed E-state index contributed by atoms with van der Waals surface area (Å²) in [5.41, 5.74) is 3.44. The molecule has 10 nitrogen and oxygen atoms in total. The molecule has 1 atom stereocenters. The summed E-state index contributed by atoms with van der Waals surface area (Å²) in [5.74, 6) is -0.926. The summed E-state index contributed by atoms with van der Waals surface area (Å²) in [7, 11) is 0. The predicted molar refractivity (Wildman–Crippen MR) is 112 cm³/mol. The molecule has 0 spiro atoms. The van der Waals surface area contributed by atoms with Gasteiger partial charge in [-0.05, 0) is 53.0 Å². The first-order chi connectivity index (χ1) is 14.9. The molecule has 2 aliphatic rings. The molecule has 0 bridgehead atoms. The van der Waals surface area contributed by atoms with Gasteiger partial charge in [0.1, 0.15) is 17.4 Å². The molecule has 0 saturated carbocycles. The van der Waals surface area contributed by atoms with Crippen molar-refractivity contribution >= 4 is 33.7 Å². The molecule has 2 aromatic heterocycles. The highest BCUT2D eigenvalue weighted by Gasteiger charge is 2.39. The van der Waals surface area contributed by atoms with Crippen molar-refractivity contribution in [2.75, 3.05) is 0 Å². The number of hydrogen-bond donors (Lipinski definition) is 1. The summed E-state index contributed by atoms with van der Waals surface area (Å²) in [5, 5.41) is 15.2. The van der Waals surface area contributed by atoms with Gasteiger partial charge in [0.2, 0.25) is 11.8 Å². The number of piperidine rings is 1. The number of carbonyl (C=O) groups is 3. The van der Waals surface area contributed by atoms with E-state index in [0.29, 0.717) is 29.9 Å². The first-order valence-electron chi connectivity index (χ1n) is 9.88. The molecule has 5 rings (SSSR count). The summed E-state index contributed by atoms with van der Waals surface area (Å²) in [4.78, 5) is 38.0. The molecule has 31 heavy (non-hydrogen) atoms. The van der Waals surface area contributed by atoms with Gasteiger partial charge in [-0.25, -0.2) is 4.68 Å². The van der Waals surface area contributed by atoms with E-state index in [0.717, 1.165) is 22.3 Å². The monoisotopic (exact) mass is 483 g/mol. The third-order valence-corrected chi connectivity index (χ3v) is 6.13. The first-order valence-corrected chi connectivity index (χ1v) is 10.7. The van der Waals surface area contributed by atoms with Crippen LogP contribution in [0.3, 0.4) is 0 Å². The Hall–Kier alpha value is -3.34. The number of nitrogens with zero attached hydrogens (tertiary/aromatic N) is 6. The molecule has 2 aliphatic heterocycles. The second-order valence-electron chi connectivity index (χ2n) is 7.47. The molecule has 1 N–H and O–H groups in total. The third-order valence-electron chi connectivity index (χ3n) is 5.55. The van der Waals surface area contributed by atoms with E-state index >= 15 is 0 Å². The lowest BCUT2D eigenvalue weighted by Gasteiger charge is -2.29. The number of benzene rings is 1. The van der Waals surface area contributed by atoms with E-state index in [4.69, 9.17) is 0 Å². The normalized spacial score (nSPS) is 18.5. The Labute approximate surface area is 185 Å². The highest BCUT2D eigenvalue weighted by Crippen LogP contribution is 2.30. The highest BCUT2D eigenvalue weighted by atomic mass is 79.9. The van der Waals surface area contributed by atoms with E-state index in [1.165, 1.54) is 4.90 Å². The van der Waals surface area contributed by atoms with Crippen LogP contribution >= 0.6 is 15.9 Å². The fraction of sp³-hybridized carbons (Fsp3) is 0.300. The summed E-state index contributed by atoms with van der Waals surface area (Å²) in [6.45, 7) is 3.06. The van der Waals surface area contributed by atoms with Crippen molar-refractivity contribution < 1.29 is 14.4 Å². The van der Waals surface area contributed by atoms with Crippen molar-refractivity contribution in [1.29, 1.82) is 0 Å². The Bertz CT molecular complexity index is 1230. The number of halogens is 1. The van der Waals surface area contributed by atoms with Crippen LogP contribution in [0.1, 0.15) is 35.7 Å². The van der Waals surface area contributed by atoms with E-state index in [2.05, 4.69) is 36.7 Å². The molecule has 0 aliphatic carbocycles. The lowest BCUT2D eigenvalue weighted by atomic mass is 10.0. The van der Waals surface area contributed by atoms with Gasteiger partial charge in [0.25, 0.3) is 5.91 Å². The van der Waals surface area contributed by atoms with E-state index in [1.54, 1.807) is 23.0 Å². The third kappa shape index (κ3) is 3.34. The van der Waals surface area contributed by atoms with Crippen molar-refractivity contribution in [2.24, 2.45) is 0 Å². The minimum absolute atomic E-state index is 0.204. The van der Waals surface area contributed by atoms with E-state index < -0.39 is 11.9 Å². The Morgan fingerprint density at radius 1 is 1.23 bits per heavy atom. The Morgan fingerprint density at radius 2 is 2.06 bits per heavy atom. The van der Waals surface area contributed by atoms with Crippen molar-refractivity contribution in [3.05, 3.63) is 46.2 Å². The molecule has 3 aromatic rings. The maximum atomic E-state index is 12.8. The number of aryl methyl sites for hydroxylation is 1. The second kappa shape index (κ2) is 7.41. The molecule has 1 fully saturated rings. The number of imide groups is 1. The first kappa shape index (κ1) is 19.6. The molecule has 1 aromatic carbocycles. The molecule has 158 valence electrons. The van der Waals surface area contributed by atoms with Crippen LogP contribution < -0.4 is 5.32 Å². The number of fused-ring (bicyclic) bond motifs is 1. The standard InChI is InChI=1S/C20H18BrN7O3/c1-2-26-9-14(21)18(24-26)15-10-28(25-23-15)12-3-4-13-11(7-12)8-27(20(13)31)16-5-6-17(29)22-19(16)30/h3-4,7,9-10,16H,2,5-6,8H2,1H3,(H,22,29,30). The van der Waals surface area contributed by atoms with Crippen LogP contribution in [0.5, 0.6) is 0 Å². The highest BCUT2D eigenvalue weighted by molar-refractivity contribution is 9.10. The van der Waals surface area contributed by atoms with Crippen molar-refractivity contribution in [3.63, 3.8) is 0 Å². The van der Waals surface area contributed by atoms with Gasteiger partial charge < -0.3 is 4.90 Å². The van der Waals surface area contributed by atoms with Crippen molar-refractivity contribution in [3.8, 4) is 17.1 Å². The Balaban J connectivity index is 1.41. The summed E-state index contributed by atoms with van der Waals surface area (Å²) < 4.78 is 4.27. The quantitative estimate of drug-likeness (QED) is 0.564. The van der Waals surface area contributed by atoms with E-state index in [9.17, 15) is 14.4 Å². The zero-order valence-electron chi connectivity index (χ0n) is 16.6. The topological polar surface area (TPSA) is 115 Å². The smallest absolute Gasteiger partial charge is 0.255 e. The van der Waals surface area contributed by atoms with E-state index in [-0.39, 0.29) is 18.2 Å². The molecule has 1 unspecified atom stereocenters. The van der Waals surface area contributed by atoms with Gasteiger partial charge in [-0.15, -0.1) is 5.10 Å². The minimum atomic E-state index is -0.634. The molecule has 1 saturated heterocycles. The van der Waals surface area contributed by atoms with Gasteiger partial charge in [-0.1, -0.05) is 5.21 Å². The van der Waals surface area contributed by atoms with Gasteiger partial charge in [0, 0.05) is 31.3 Å². The van der Waals surface area contributed by atoms with Gasteiger partial charge in [-0.3, -0.25) is 24.4 Å². The van der Waals surface area contributed by atoms with E-state index in [1.807, 2.05) is 23.9 Å². The minimum Gasteiger partial charge on any atom is -0.322 e. The van der Waals surface area contributed by atoms with Crippen LogP contribution in [0.15, 0.2) is 35.1 Å². The predicted octanol–water partition coefficient (Wildman–Crippen LogP) is 1.67. The van der Waals surface area contributed by atoms with Gasteiger partial charge in [-0.2, -0.15) is 5.10 Å². The number of hydrogen-bond acceptors (Lipinski definition) is 6. The van der Waals surface area contributed by atoms with Crippen LogP contribution in [0, 0.1) is 0 Å². The van der Waals surface area contributed by atoms with Crippen LogP contribution in [-0.2, 0) is 22.7 Å². The fourth-order valence-corrected chi connectivity index (χ4v) is 4.45. The number of nitrogens with one attached hydrogen (secondary N) is 1. The summed E-state index contributed by atoms with van der Waals surface area (Å²) >= 11 is 3.50. The summed E-state index contributed by atoms with van der Waals surface area (Å²) in [6, 6.07) is 4.77. The largest absolute Gasteiger partial charge is 0.322 e. The number of carbonyl (C=O) groups excluding carboxylic acids is 3. The number of rotatable bonds is 4. The van der Waals surface area contributed by atoms with Crippen LogP contribution in [0.25, 0.3) is 17.1 Å². The summed E-state index contributed by atoms with van der Waals surface area (Å²) in [6.07, 6.45) is 4.23. The maximum absolute atomic E-state index is 12.8. The zero-order valence-corrected chi connectivity index (χ0v) is 18.2. The molecule has 0 radical (unpaired) electrons. The molecular formula is C20H18BrN7O3. The van der Waals surface area contributed by atoms with Crippen LogP contribution in [-0.4, -0.2) is 53.4 Å². The SMILES string of the molecule is CCn1cc(Br)c(-c2cn(-c3ccc4c(c3)CN(C3CCC(=O)NC3=O)C4=O)nn2)n1. The van der Waals surface area contributed by atoms with Crippen molar-refractivity contribution in [2.45, 2.75) is 38.9 Å². The Morgan fingerprint density at radius 3 is 2.81 bits per heavy atom. The fourth-order valence-electron chi connectivity index (χ4n) is 3.93. The molecule has 4 heterocycles. The lowest BCUT2D eigenvalue weighted by Crippen LogP contribution is -2.52. The van der Waals surface area contributed by atoms with Gasteiger partial charge in [0.05, 0.1) is 16.4 Å². The maximum Gasteiger partial charge on any atom is 0.255 e. The van der Waals surface area contributed by atoms with Gasteiger partial charge >= 0.3 is 0 Å². The van der Waals surface area contributed by atoms with Gasteiger partial charge in [0.15, 0.2) is 0 Å². The Kier molecular flexibility index (Phi) is 4.69. The number of aromatic nitrogens is 5. The number of amides is 3. The average molecular weight is 484 g/mol. The van der Waals surface area contributed by atoms with Crippen LogP contribution in [0.2, 0.25) is 0 Å². The van der Waals surface area contributed by atoms with Crippen LogP contribution in [0.4, 0.5) is 0 Å². The average Bonchev–Trinajstić information content (AvgIpc) is 3.45. The molecule has 11 heteroatoms. The zero-order chi connectivity index (χ0) is 21.7. The molecule has 3 amide bonds. The van der Waals surface area contributed by atoms with Crippen molar-refractivity contribution in [1.82, 2.24) is 35.0 Å². The second-order valence-corrected chi connectivity index (χ2v) is 8.33. The lowest BCUT2D eigenvalue weighted by molar-refractivity contribution is -0.136.